The number of nitrogens with zero attached hydrogens (tertiary/aromatic N) is 1. The average Bonchev–Trinajstić information content (AvgIpc) is 2.96. The van der Waals surface area contributed by atoms with Crippen LogP contribution in [0, 0.1) is 5.92 Å². The molecule has 2 fully saturated rings. The number of ether oxygens (including phenoxy) is 1. The average molecular weight is 373 g/mol. The number of morpholine rings is 1. The molecular weight excluding hydrogens is 350 g/mol. The quantitative estimate of drug-likeness (QED) is 0.774. The van der Waals surface area contributed by atoms with Crippen LogP contribution in [0.15, 0.2) is 18.2 Å². The minimum Gasteiger partial charge on any atom is -0.450 e. The Hall–Kier alpha value is -2.90. The number of benzene rings is 1. The molecule has 0 spiro atoms. The topological polar surface area (TPSA) is 105 Å². The zero-order valence-corrected chi connectivity index (χ0v) is 15.6. The summed E-state index contributed by atoms with van der Waals surface area (Å²) in [6, 6.07) is 4.52. The van der Waals surface area contributed by atoms with Crippen molar-refractivity contribution in [1.82, 2.24) is 4.90 Å². The Bertz CT molecular complexity index is 807. The molecule has 0 bridgehead atoms. The van der Waals surface area contributed by atoms with Crippen molar-refractivity contribution in [2.75, 3.05) is 17.2 Å². The van der Waals surface area contributed by atoms with Crippen molar-refractivity contribution in [3.05, 3.63) is 23.8 Å². The zero-order valence-electron chi connectivity index (χ0n) is 15.6. The fourth-order valence-corrected chi connectivity index (χ4v) is 3.64. The van der Waals surface area contributed by atoms with Gasteiger partial charge in [-0.3, -0.25) is 14.4 Å². The highest BCUT2D eigenvalue weighted by Gasteiger charge is 2.47. The monoisotopic (exact) mass is 373 g/mol. The Morgan fingerprint density at radius 3 is 2.56 bits per heavy atom. The van der Waals surface area contributed by atoms with Gasteiger partial charge in [0.1, 0.15) is 6.04 Å². The minimum absolute atomic E-state index is 0.151. The number of cyclic esters (lactones) is 1. The van der Waals surface area contributed by atoms with Gasteiger partial charge in [0.15, 0.2) is 6.10 Å². The molecule has 8 nitrogen and oxygen atoms in total. The van der Waals surface area contributed by atoms with E-state index in [4.69, 9.17) is 4.74 Å². The Labute approximate surface area is 157 Å². The minimum atomic E-state index is -0.918. The van der Waals surface area contributed by atoms with Crippen molar-refractivity contribution < 1.29 is 23.9 Å². The summed E-state index contributed by atoms with van der Waals surface area (Å²) < 4.78 is 5.41. The van der Waals surface area contributed by atoms with Crippen LogP contribution in [0.1, 0.15) is 32.8 Å². The number of amides is 3. The first kappa shape index (κ1) is 18.9. The lowest BCUT2D eigenvalue weighted by atomic mass is 10.0. The molecule has 2 saturated heterocycles. The maximum Gasteiger partial charge on any atom is 0.329 e. The van der Waals surface area contributed by atoms with Crippen LogP contribution in [0.3, 0.4) is 0 Å². The summed E-state index contributed by atoms with van der Waals surface area (Å²) in [4.78, 5) is 49.4. The number of esters is 1. The van der Waals surface area contributed by atoms with Crippen molar-refractivity contribution >= 4 is 35.1 Å². The lowest BCUT2D eigenvalue weighted by molar-refractivity contribution is -0.175. The molecule has 8 heteroatoms. The Morgan fingerprint density at radius 2 is 1.89 bits per heavy atom. The highest BCUT2D eigenvalue weighted by atomic mass is 16.6. The van der Waals surface area contributed by atoms with Gasteiger partial charge < -0.3 is 20.3 Å². The third kappa shape index (κ3) is 4.10. The molecular formula is C19H23N3O5. The van der Waals surface area contributed by atoms with E-state index in [0.29, 0.717) is 29.9 Å². The number of anilines is 2. The Morgan fingerprint density at radius 1 is 1.19 bits per heavy atom. The second kappa shape index (κ2) is 7.38. The second-order valence-electron chi connectivity index (χ2n) is 7.21. The Balaban J connectivity index is 1.83. The van der Waals surface area contributed by atoms with Gasteiger partial charge in [-0.1, -0.05) is 13.0 Å². The van der Waals surface area contributed by atoms with Crippen molar-refractivity contribution in [3.63, 3.8) is 0 Å². The third-order valence-electron chi connectivity index (χ3n) is 4.75. The molecule has 2 N–H and O–H groups in total. The summed E-state index contributed by atoms with van der Waals surface area (Å²) in [5, 5.41) is 5.35. The smallest absolute Gasteiger partial charge is 0.329 e. The SMILES string of the molecule is CC(=O)Nc1ccc(CC2OC(=O)C3CC(C)CN3C2=O)c(NC(C)=O)c1. The van der Waals surface area contributed by atoms with Crippen molar-refractivity contribution in [1.29, 1.82) is 0 Å². The van der Waals surface area contributed by atoms with E-state index < -0.39 is 12.1 Å². The van der Waals surface area contributed by atoms with E-state index in [1.807, 2.05) is 6.92 Å². The van der Waals surface area contributed by atoms with Gasteiger partial charge in [0.2, 0.25) is 11.8 Å². The summed E-state index contributed by atoms with van der Waals surface area (Å²) >= 11 is 0. The highest BCUT2D eigenvalue weighted by molar-refractivity contribution is 5.95. The van der Waals surface area contributed by atoms with Crippen molar-refractivity contribution in [2.45, 2.75) is 45.8 Å². The standard InChI is InChI=1S/C19H23N3O5/c1-10-6-16-19(26)27-17(18(25)22(16)9-10)7-13-4-5-14(20-11(2)23)8-15(13)21-12(3)24/h4-5,8,10,16-17H,6-7,9H2,1-3H3,(H,20,23)(H,21,24). The Kier molecular flexibility index (Phi) is 5.16. The molecule has 27 heavy (non-hydrogen) atoms. The number of carbonyl (C=O) groups excluding carboxylic acids is 4. The van der Waals surface area contributed by atoms with Gasteiger partial charge >= 0.3 is 5.97 Å². The molecule has 3 atom stereocenters. The normalized spacial score (nSPS) is 24.3. The first-order chi connectivity index (χ1) is 12.7. The van der Waals surface area contributed by atoms with Crippen LogP contribution in [-0.2, 0) is 30.3 Å². The molecule has 2 aliphatic rings. The zero-order chi connectivity index (χ0) is 19.7. The molecule has 0 saturated carbocycles. The number of hydrogen-bond acceptors (Lipinski definition) is 5. The van der Waals surface area contributed by atoms with E-state index in [1.54, 1.807) is 23.1 Å². The molecule has 3 amide bonds. The summed E-state index contributed by atoms with van der Waals surface area (Å²) in [6.45, 7) is 5.31. The fraction of sp³-hybridized carbons (Fsp3) is 0.474. The summed E-state index contributed by atoms with van der Waals surface area (Å²) in [7, 11) is 0. The summed E-state index contributed by atoms with van der Waals surface area (Å²) in [5.41, 5.74) is 1.64. The molecule has 0 aromatic heterocycles. The number of carbonyl (C=O) groups is 4. The lowest BCUT2D eigenvalue weighted by Crippen LogP contribution is -2.54. The van der Waals surface area contributed by atoms with Gasteiger partial charge in [0.05, 0.1) is 0 Å². The molecule has 0 aliphatic carbocycles. The number of fused-ring (bicyclic) bond motifs is 1. The number of rotatable bonds is 4. The summed E-state index contributed by atoms with van der Waals surface area (Å²) in [6.07, 6.45) is -0.143. The first-order valence-corrected chi connectivity index (χ1v) is 8.93. The molecule has 2 heterocycles. The third-order valence-corrected chi connectivity index (χ3v) is 4.75. The van der Waals surface area contributed by atoms with E-state index in [-0.39, 0.29) is 36.0 Å². The predicted octanol–water partition coefficient (Wildman–Crippen LogP) is 1.31. The second-order valence-corrected chi connectivity index (χ2v) is 7.21. The highest BCUT2D eigenvalue weighted by Crippen LogP contribution is 2.31. The van der Waals surface area contributed by atoms with E-state index in [9.17, 15) is 19.2 Å². The van der Waals surface area contributed by atoms with Gasteiger partial charge in [0, 0.05) is 38.2 Å². The molecule has 3 unspecified atom stereocenters. The van der Waals surface area contributed by atoms with E-state index in [0.717, 1.165) is 0 Å². The van der Waals surface area contributed by atoms with Crippen LogP contribution in [0.5, 0.6) is 0 Å². The van der Waals surface area contributed by atoms with Gasteiger partial charge in [-0.25, -0.2) is 4.79 Å². The molecule has 1 aromatic carbocycles. The first-order valence-electron chi connectivity index (χ1n) is 8.93. The van der Waals surface area contributed by atoms with Gasteiger partial charge in [-0.2, -0.15) is 0 Å². The van der Waals surface area contributed by atoms with Crippen LogP contribution in [0.25, 0.3) is 0 Å². The lowest BCUT2D eigenvalue weighted by Gasteiger charge is -2.33. The number of nitrogens with one attached hydrogen (secondary N) is 2. The van der Waals surface area contributed by atoms with Crippen LogP contribution >= 0.6 is 0 Å². The summed E-state index contributed by atoms with van der Waals surface area (Å²) in [5.74, 6) is -0.834. The molecule has 1 aromatic rings. The van der Waals surface area contributed by atoms with Crippen molar-refractivity contribution in [2.24, 2.45) is 5.92 Å². The van der Waals surface area contributed by atoms with Gasteiger partial charge in [-0.05, 0) is 30.0 Å². The van der Waals surface area contributed by atoms with E-state index in [1.165, 1.54) is 13.8 Å². The number of hydrogen-bond donors (Lipinski definition) is 2. The van der Waals surface area contributed by atoms with Crippen LogP contribution in [0.4, 0.5) is 11.4 Å². The van der Waals surface area contributed by atoms with Crippen molar-refractivity contribution in [3.8, 4) is 0 Å². The van der Waals surface area contributed by atoms with E-state index >= 15 is 0 Å². The molecule has 144 valence electrons. The maximum absolute atomic E-state index is 12.8. The molecule has 0 radical (unpaired) electrons. The predicted molar refractivity (Wildman–Crippen MR) is 97.9 cm³/mol. The molecule has 2 aliphatic heterocycles. The van der Waals surface area contributed by atoms with E-state index in [2.05, 4.69) is 10.6 Å². The maximum atomic E-state index is 12.8. The van der Waals surface area contributed by atoms with Crippen LogP contribution < -0.4 is 10.6 Å². The fourth-order valence-electron chi connectivity index (χ4n) is 3.64. The van der Waals surface area contributed by atoms with Crippen LogP contribution in [-0.4, -0.2) is 47.3 Å². The van der Waals surface area contributed by atoms with Gasteiger partial charge in [-0.15, -0.1) is 0 Å². The van der Waals surface area contributed by atoms with Gasteiger partial charge in [0.25, 0.3) is 5.91 Å². The molecule has 3 rings (SSSR count). The largest absolute Gasteiger partial charge is 0.450 e. The van der Waals surface area contributed by atoms with Crippen LogP contribution in [0.2, 0.25) is 0 Å².